The van der Waals surface area contributed by atoms with E-state index in [1.54, 1.807) is 16.7 Å². The molecule has 0 spiro atoms. The van der Waals surface area contributed by atoms with Crippen LogP contribution in [0.4, 0.5) is 10.1 Å². The number of fused-ring (bicyclic) bond motifs is 1. The molecule has 0 radical (unpaired) electrons. The molecule has 1 atom stereocenters. The van der Waals surface area contributed by atoms with E-state index in [1.807, 2.05) is 0 Å². The number of carboxylic acid groups (broad SMARTS) is 1. The van der Waals surface area contributed by atoms with Crippen LogP contribution in [0.1, 0.15) is 34.0 Å². The molecule has 9 heteroatoms. The summed E-state index contributed by atoms with van der Waals surface area (Å²) < 4.78 is 25.5. The number of phenols is 1. The molecular formula is C22H19FN2O6. The number of benzene rings is 2. The highest BCUT2D eigenvalue weighted by Gasteiger charge is 2.35. The highest BCUT2D eigenvalue weighted by Crippen LogP contribution is 2.46. The fourth-order valence-corrected chi connectivity index (χ4v) is 3.84. The summed E-state index contributed by atoms with van der Waals surface area (Å²) in [6.07, 6.45) is 1.42. The Bertz CT molecular complexity index is 1160. The van der Waals surface area contributed by atoms with Crippen LogP contribution in [0, 0.1) is 5.82 Å². The molecular weight excluding hydrogens is 407 g/mol. The van der Waals surface area contributed by atoms with Gasteiger partial charge in [0.1, 0.15) is 11.4 Å². The van der Waals surface area contributed by atoms with Crippen LogP contribution in [0.3, 0.4) is 0 Å². The number of carbonyl (C=O) groups excluding carboxylic acids is 1. The number of nitrogens with zero attached hydrogens (tertiary/aromatic N) is 1. The highest BCUT2D eigenvalue weighted by atomic mass is 19.1. The quantitative estimate of drug-likeness (QED) is 0.576. The Morgan fingerprint density at radius 1 is 1.16 bits per heavy atom. The normalized spacial score (nSPS) is 15.2. The SMILES string of the molecule is COc1cc([C@@H]2CC(=O)Nc3c(C(=O)O)cn(-c4ccc(F)cc4)c32)cc(OC)c1O. The number of phenolic OH excluding ortho intramolecular Hbond substituents is 1. The largest absolute Gasteiger partial charge is 0.502 e. The lowest BCUT2D eigenvalue weighted by molar-refractivity contribution is -0.116. The van der Waals surface area contributed by atoms with Gasteiger partial charge in [-0.15, -0.1) is 0 Å². The standard InChI is InChI=1S/C22H19FN2O6/c1-30-16-7-11(8-17(31-2)21(16)27)14-9-18(26)24-19-15(22(28)29)10-25(20(14)19)13-5-3-12(23)4-6-13/h3-8,10,14,27H,9H2,1-2H3,(H,24,26)(H,28,29)/t14-/m0/s1. The van der Waals surface area contributed by atoms with Crippen molar-refractivity contribution in [2.75, 3.05) is 19.5 Å². The van der Waals surface area contributed by atoms with Gasteiger partial charge in [-0.25, -0.2) is 9.18 Å². The second-order valence-electron chi connectivity index (χ2n) is 7.03. The van der Waals surface area contributed by atoms with E-state index in [-0.39, 0.29) is 40.8 Å². The van der Waals surface area contributed by atoms with Crippen molar-refractivity contribution in [3.63, 3.8) is 0 Å². The van der Waals surface area contributed by atoms with Crippen LogP contribution >= 0.6 is 0 Å². The number of carbonyl (C=O) groups is 2. The van der Waals surface area contributed by atoms with E-state index < -0.39 is 17.7 Å². The summed E-state index contributed by atoms with van der Waals surface area (Å²) in [7, 11) is 2.78. The number of rotatable bonds is 5. The summed E-state index contributed by atoms with van der Waals surface area (Å²) in [4.78, 5) is 24.3. The number of aromatic nitrogens is 1. The number of hydrogen-bond donors (Lipinski definition) is 3. The zero-order valence-electron chi connectivity index (χ0n) is 16.7. The van der Waals surface area contributed by atoms with Gasteiger partial charge < -0.3 is 29.6 Å². The first kappa shape index (κ1) is 20.3. The Labute approximate surface area is 176 Å². The molecule has 160 valence electrons. The first-order valence-corrected chi connectivity index (χ1v) is 9.33. The molecule has 3 N–H and O–H groups in total. The van der Waals surface area contributed by atoms with Gasteiger partial charge in [-0.1, -0.05) is 0 Å². The van der Waals surface area contributed by atoms with Crippen LogP contribution in [-0.2, 0) is 4.79 Å². The lowest BCUT2D eigenvalue weighted by Gasteiger charge is -2.27. The number of hydrogen-bond acceptors (Lipinski definition) is 5. The summed E-state index contributed by atoms with van der Waals surface area (Å²) in [5, 5.41) is 22.6. The van der Waals surface area contributed by atoms with Gasteiger partial charge in [0.15, 0.2) is 11.5 Å². The molecule has 0 saturated heterocycles. The first-order chi connectivity index (χ1) is 14.8. The number of methoxy groups -OCH3 is 2. The number of nitrogens with one attached hydrogen (secondary N) is 1. The lowest BCUT2D eigenvalue weighted by Crippen LogP contribution is -2.25. The van der Waals surface area contributed by atoms with Crippen molar-refractivity contribution in [3.8, 4) is 22.9 Å². The summed E-state index contributed by atoms with van der Waals surface area (Å²) >= 11 is 0. The molecule has 2 heterocycles. The van der Waals surface area contributed by atoms with Gasteiger partial charge in [-0.3, -0.25) is 4.79 Å². The highest BCUT2D eigenvalue weighted by molar-refractivity contribution is 6.04. The third-order valence-electron chi connectivity index (χ3n) is 5.27. The average Bonchev–Trinajstić information content (AvgIpc) is 3.13. The maximum Gasteiger partial charge on any atom is 0.339 e. The average molecular weight is 426 g/mol. The van der Waals surface area contributed by atoms with Crippen molar-refractivity contribution < 1.29 is 33.7 Å². The van der Waals surface area contributed by atoms with Crippen molar-refractivity contribution in [2.24, 2.45) is 0 Å². The number of amides is 1. The molecule has 2 aromatic carbocycles. The number of aromatic hydroxyl groups is 1. The fraction of sp³-hybridized carbons (Fsp3) is 0.182. The van der Waals surface area contributed by atoms with E-state index in [9.17, 15) is 24.2 Å². The molecule has 4 rings (SSSR count). The number of ether oxygens (including phenoxy) is 2. The van der Waals surface area contributed by atoms with Crippen LogP contribution in [0.2, 0.25) is 0 Å². The zero-order chi connectivity index (χ0) is 22.3. The Kier molecular flexibility index (Phi) is 5.02. The Balaban J connectivity index is 1.98. The van der Waals surface area contributed by atoms with Gasteiger partial charge in [0, 0.05) is 24.2 Å². The molecule has 31 heavy (non-hydrogen) atoms. The maximum absolute atomic E-state index is 13.5. The number of carboxylic acids is 1. The van der Waals surface area contributed by atoms with E-state index in [1.165, 1.54) is 44.7 Å². The molecule has 0 unspecified atom stereocenters. The van der Waals surface area contributed by atoms with E-state index in [0.29, 0.717) is 16.9 Å². The van der Waals surface area contributed by atoms with Gasteiger partial charge in [-0.2, -0.15) is 0 Å². The smallest absolute Gasteiger partial charge is 0.339 e. The second kappa shape index (κ2) is 7.67. The van der Waals surface area contributed by atoms with Gasteiger partial charge in [0.25, 0.3) is 0 Å². The minimum atomic E-state index is -1.21. The molecule has 1 aromatic heterocycles. The summed E-state index contributed by atoms with van der Waals surface area (Å²) in [5.41, 5.74) is 1.71. The van der Waals surface area contributed by atoms with Crippen LogP contribution in [0.5, 0.6) is 17.2 Å². The van der Waals surface area contributed by atoms with Crippen molar-refractivity contribution in [2.45, 2.75) is 12.3 Å². The van der Waals surface area contributed by atoms with E-state index in [0.717, 1.165) is 0 Å². The van der Waals surface area contributed by atoms with E-state index in [2.05, 4.69) is 5.32 Å². The lowest BCUT2D eigenvalue weighted by atomic mass is 9.87. The van der Waals surface area contributed by atoms with Crippen LogP contribution < -0.4 is 14.8 Å². The molecule has 0 bridgehead atoms. The predicted molar refractivity (Wildman–Crippen MR) is 109 cm³/mol. The number of halogens is 1. The second-order valence-corrected chi connectivity index (χ2v) is 7.03. The Morgan fingerprint density at radius 2 is 1.77 bits per heavy atom. The van der Waals surface area contributed by atoms with Gasteiger partial charge in [0.05, 0.1) is 25.6 Å². The zero-order valence-corrected chi connectivity index (χ0v) is 16.7. The topological polar surface area (TPSA) is 110 Å². The third kappa shape index (κ3) is 3.43. The Morgan fingerprint density at radius 3 is 2.32 bits per heavy atom. The van der Waals surface area contributed by atoms with Crippen molar-refractivity contribution in [1.29, 1.82) is 0 Å². The summed E-state index contributed by atoms with van der Waals surface area (Å²) in [6, 6.07) is 8.73. The first-order valence-electron chi connectivity index (χ1n) is 9.33. The van der Waals surface area contributed by atoms with Crippen molar-refractivity contribution in [1.82, 2.24) is 4.57 Å². The molecule has 0 aliphatic carbocycles. The van der Waals surface area contributed by atoms with Crippen molar-refractivity contribution >= 4 is 17.6 Å². The molecule has 1 aliphatic rings. The van der Waals surface area contributed by atoms with Gasteiger partial charge >= 0.3 is 5.97 Å². The molecule has 8 nitrogen and oxygen atoms in total. The molecule has 0 saturated carbocycles. The predicted octanol–water partition coefficient (Wildman–Crippen LogP) is 3.51. The summed E-state index contributed by atoms with van der Waals surface area (Å²) in [6.45, 7) is 0. The molecule has 0 fully saturated rings. The van der Waals surface area contributed by atoms with Gasteiger partial charge in [-0.05, 0) is 42.0 Å². The minimum Gasteiger partial charge on any atom is -0.502 e. The summed E-state index contributed by atoms with van der Waals surface area (Å²) in [5.74, 6) is -2.46. The number of anilines is 1. The van der Waals surface area contributed by atoms with Gasteiger partial charge in [0.2, 0.25) is 11.7 Å². The van der Waals surface area contributed by atoms with Crippen LogP contribution in [0.15, 0.2) is 42.6 Å². The van der Waals surface area contributed by atoms with Crippen LogP contribution in [0.25, 0.3) is 5.69 Å². The fourth-order valence-electron chi connectivity index (χ4n) is 3.84. The van der Waals surface area contributed by atoms with Crippen molar-refractivity contribution in [3.05, 3.63) is 65.2 Å². The third-order valence-corrected chi connectivity index (χ3v) is 5.27. The maximum atomic E-state index is 13.5. The molecule has 1 amide bonds. The molecule has 1 aliphatic heterocycles. The number of aromatic carboxylic acids is 1. The minimum absolute atomic E-state index is 0.0222. The monoisotopic (exact) mass is 426 g/mol. The Hall–Kier alpha value is -4.01. The molecule has 3 aromatic rings. The van der Waals surface area contributed by atoms with E-state index in [4.69, 9.17) is 9.47 Å². The van der Waals surface area contributed by atoms with E-state index >= 15 is 0 Å². The van der Waals surface area contributed by atoms with Crippen LogP contribution in [-0.4, -0.2) is 40.9 Å².